The first-order chi connectivity index (χ1) is 7.42. The van der Waals surface area contributed by atoms with E-state index >= 15 is 0 Å². The zero-order valence-electron chi connectivity index (χ0n) is 9.33. The highest BCUT2D eigenvalue weighted by molar-refractivity contribution is 5.30. The molecule has 0 aliphatic carbocycles. The first-order valence-corrected chi connectivity index (χ1v) is 5.76. The van der Waals surface area contributed by atoms with Crippen LogP contribution in [0.4, 0.5) is 0 Å². The maximum Gasteiger partial charge on any atom is 0.0828 e. The van der Waals surface area contributed by atoms with Crippen molar-refractivity contribution in [2.45, 2.75) is 25.4 Å². The number of hydrogen-bond donors (Lipinski definition) is 1. The van der Waals surface area contributed by atoms with Crippen LogP contribution in [0.2, 0.25) is 0 Å². The Hall–Kier alpha value is -0.860. The molecule has 1 aliphatic heterocycles. The Bertz CT molecular complexity index is 311. The van der Waals surface area contributed by atoms with E-state index in [2.05, 4.69) is 29.6 Å². The first kappa shape index (κ1) is 10.7. The predicted octanol–water partition coefficient (Wildman–Crippen LogP) is 2.30. The third kappa shape index (κ3) is 2.58. The summed E-state index contributed by atoms with van der Waals surface area (Å²) in [6.45, 7) is 1.95. The van der Waals surface area contributed by atoms with Crippen molar-refractivity contribution in [3.8, 4) is 0 Å². The summed E-state index contributed by atoms with van der Waals surface area (Å²) in [5, 5.41) is 3.18. The summed E-state index contributed by atoms with van der Waals surface area (Å²) in [7, 11) is 2.00. The Morgan fingerprint density at radius 3 is 3.13 bits per heavy atom. The monoisotopic (exact) mass is 205 g/mol. The Balaban J connectivity index is 2.02. The van der Waals surface area contributed by atoms with E-state index in [1.807, 2.05) is 7.05 Å². The summed E-state index contributed by atoms with van der Waals surface area (Å²) in [5.41, 5.74) is 2.87. The third-order valence-corrected chi connectivity index (χ3v) is 2.99. The largest absolute Gasteiger partial charge is 0.373 e. The molecule has 1 unspecified atom stereocenters. The second-order valence-corrected chi connectivity index (χ2v) is 4.05. The van der Waals surface area contributed by atoms with Gasteiger partial charge in [-0.2, -0.15) is 0 Å². The molecule has 2 rings (SSSR count). The van der Waals surface area contributed by atoms with Gasteiger partial charge in [-0.3, -0.25) is 0 Å². The summed E-state index contributed by atoms with van der Waals surface area (Å²) in [6, 6.07) is 8.66. The van der Waals surface area contributed by atoms with Crippen molar-refractivity contribution in [2.75, 3.05) is 20.2 Å². The molecule has 1 heterocycles. The van der Waals surface area contributed by atoms with E-state index in [-0.39, 0.29) is 0 Å². The van der Waals surface area contributed by atoms with Gasteiger partial charge in [0.05, 0.1) is 12.7 Å². The quantitative estimate of drug-likeness (QED) is 0.762. The molecule has 1 atom stereocenters. The van der Waals surface area contributed by atoms with Crippen LogP contribution in [0.25, 0.3) is 0 Å². The molecule has 0 spiro atoms. The minimum Gasteiger partial charge on any atom is -0.373 e. The lowest BCUT2D eigenvalue weighted by molar-refractivity contribution is 0.0354. The molecule has 0 amide bonds. The van der Waals surface area contributed by atoms with Crippen LogP contribution in [0.15, 0.2) is 24.3 Å². The van der Waals surface area contributed by atoms with Crippen LogP contribution in [0.5, 0.6) is 0 Å². The molecule has 82 valence electrons. The first-order valence-electron chi connectivity index (χ1n) is 5.76. The maximum absolute atomic E-state index is 5.82. The van der Waals surface area contributed by atoms with Gasteiger partial charge < -0.3 is 10.1 Å². The molecule has 0 aromatic heterocycles. The second kappa shape index (κ2) is 5.29. The van der Waals surface area contributed by atoms with Crippen molar-refractivity contribution >= 4 is 0 Å². The molecular formula is C13H19NO. The van der Waals surface area contributed by atoms with Crippen molar-refractivity contribution in [3.05, 3.63) is 35.4 Å². The molecule has 15 heavy (non-hydrogen) atoms. The fraction of sp³-hybridized carbons (Fsp3) is 0.538. The molecule has 1 N–H and O–H groups in total. The van der Waals surface area contributed by atoms with Gasteiger partial charge in [0.2, 0.25) is 0 Å². The smallest absolute Gasteiger partial charge is 0.0828 e. The fourth-order valence-corrected chi connectivity index (χ4v) is 2.18. The molecule has 0 saturated carbocycles. The molecule has 1 aromatic carbocycles. The van der Waals surface area contributed by atoms with E-state index in [0.29, 0.717) is 6.10 Å². The van der Waals surface area contributed by atoms with Crippen LogP contribution < -0.4 is 5.32 Å². The van der Waals surface area contributed by atoms with Gasteiger partial charge in [-0.1, -0.05) is 24.3 Å². The zero-order valence-corrected chi connectivity index (χ0v) is 9.33. The average molecular weight is 205 g/mol. The summed E-state index contributed by atoms with van der Waals surface area (Å²) in [6.07, 6.45) is 3.69. The van der Waals surface area contributed by atoms with Gasteiger partial charge in [0.1, 0.15) is 0 Å². The maximum atomic E-state index is 5.82. The minimum atomic E-state index is 0.322. The zero-order chi connectivity index (χ0) is 10.5. The van der Waals surface area contributed by atoms with Crippen molar-refractivity contribution < 1.29 is 4.74 Å². The third-order valence-electron chi connectivity index (χ3n) is 2.99. The summed E-state index contributed by atoms with van der Waals surface area (Å²) >= 11 is 0. The molecule has 0 saturated heterocycles. The van der Waals surface area contributed by atoms with Gasteiger partial charge in [0, 0.05) is 0 Å². The highest BCUT2D eigenvalue weighted by atomic mass is 16.5. The molecular weight excluding hydrogens is 186 g/mol. The lowest BCUT2D eigenvalue weighted by Gasteiger charge is -2.26. The lowest BCUT2D eigenvalue weighted by atomic mass is 9.95. The van der Waals surface area contributed by atoms with Crippen LogP contribution in [0.3, 0.4) is 0 Å². The normalized spacial score (nSPS) is 19.9. The number of benzene rings is 1. The van der Waals surface area contributed by atoms with Crippen LogP contribution >= 0.6 is 0 Å². The summed E-state index contributed by atoms with van der Waals surface area (Å²) < 4.78 is 5.82. The Morgan fingerprint density at radius 1 is 1.40 bits per heavy atom. The van der Waals surface area contributed by atoms with Crippen molar-refractivity contribution in [3.63, 3.8) is 0 Å². The molecule has 2 nitrogen and oxygen atoms in total. The van der Waals surface area contributed by atoms with Crippen LogP contribution in [0, 0.1) is 0 Å². The number of nitrogens with one attached hydrogen (secondary N) is 1. The van der Waals surface area contributed by atoms with Crippen molar-refractivity contribution in [1.82, 2.24) is 5.32 Å². The van der Waals surface area contributed by atoms with E-state index < -0.39 is 0 Å². The topological polar surface area (TPSA) is 21.3 Å². The van der Waals surface area contributed by atoms with Crippen molar-refractivity contribution in [2.24, 2.45) is 0 Å². The Kier molecular flexibility index (Phi) is 3.75. The van der Waals surface area contributed by atoms with Gasteiger partial charge in [0.25, 0.3) is 0 Å². The highest BCUT2D eigenvalue weighted by Crippen LogP contribution is 2.29. The molecule has 0 bridgehead atoms. The van der Waals surface area contributed by atoms with E-state index in [4.69, 9.17) is 4.74 Å². The van der Waals surface area contributed by atoms with Gasteiger partial charge in [-0.15, -0.1) is 0 Å². The van der Waals surface area contributed by atoms with E-state index in [1.54, 1.807) is 0 Å². The summed E-state index contributed by atoms with van der Waals surface area (Å²) in [4.78, 5) is 0. The molecule has 1 aromatic rings. The second-order valence-electron chi connectivity index (χ2n) is 4.05. The molecule has 2 heteroatoms. The Labute approximate surface area is 91.6 Å². The van der Waals surface area contributed by atoms with E-state index in [0.717, 1.165) is 26.0 Å². The van der Waals surface area contributed by atoms with E-state index in [9.17, 15) is 0 Å². The van der Waals surface area contributed by atoms with Crippen LogP contribution in [-0.4, -0.2) is 20.2 Å². The van der Waals surface area contributed by atoms with Gasteiger partial charge in [0.15, 0.2) is 0 Å². The number of fused-ring (bicyclic) bond motifs is 1. The van der Waals surface area contributed by atoms with Crippen LogP contribution in [-0.2, 0) is 11.2 Å². The lowest BCUT2D eigenvalue weighted by Crippen LogP contribution is -2.17. The van der Waals surface area contributed by atoms with E-state index in [1.165, 1.54) is 17.5 Å². The molecule has 1 aliphatic rings. The van der Waals surface area contributed by atoms with Crippen molar-refractivity contribution in [1.29, 1.82) is 0 Å². The minimum absolute atomic E-state index is 0.322. The number of hydrogen-bond acceptors (Lipinski definition) is 2. The average Bonchev–Trinajstić information content (AvgIpc) is 2.30. The molecule has 0 fully saturated rings. The number of rotatable bonds is 4. The predicted molar refractivity (Wildman–Crippen MR) is 62.0 cm³/mol. The number of ether oxygens (including phenoxy) is 1. The van der Waals surface area contributed by atoms with Gasteiger partial charge in [-0.05, 0) is 44.0 Å². The van der Waals surface area contributed by atoms with Gasteiger partial charge in [-0.25, -0.2) is 0 Å². The van der Waals surface area contributed by atoms with Gasteiger partial charge >= 0.3 is 0 Å². The Morgan fingerprint density at radius 2 is 2.27 bits per heavy atom. The van der Waals surface area contributed by atoms with Crippen LogP contribution in [0.1, 0.15) is 30.1 Å². The highest BCUT2D eigenvalue weighted by Gasteiger charge is 2.19. The summed E-state index contributed by atoms with van der Waals surface area (Å²) in [5.74, 6) is 0. The SMILES string of the molecule is CNCCCC1OCCc2ccccc21. The molecule has 0 radical (unpaired) electrons. The standard InChI is InChI=1S/C13H19NO/c1-14-9-4-7-13-12-6-3-2-5-11(12)8-10-15-13/h2-3,5-6,13-14H,4,7-10H2,1H3. The fourth-order valence-electron chi connectivity index (χ4n) is 2.18.